The van der Waals surface area contributed by atoms with Crippen molar-refractivity contribution in [2.24, 2.45) is 0 Å². The van der Waals surface area contributed by atoms with Crippen molar-refractivity contribution in [1.29, 1.82) is 0 Å². The van der Waals surface area contributed by atoms with E-state index in [4.69, 9.17) is 9.84 Å². The number of carboxylic acids is 1. The zero-order chi connectivity index (χ0) is 15.6. The minimum absolute atomic E-state index is 0.0336. The Labute approximate surface area is 117 Å². The van der Waals surface area contributed by atoms with Gasteiger partial charge in [0.1, 0.15) is 5.82 Å². The number of benzene rings is 1. The summed E-state index contributed by atoms with van der Waals surface area (Å²) in [5.74, 6) is -2.20. The number of rotatable bonds is 4. The molecule has 0 amide bonds. The fraction of sp³-hybridized carbons (Fsp3) is 0.0769. The third-order valence-corrected chi connectivity index (χ3v) is 2.60. The Hall–Kier alpha value is -3.03. The summed E-state index contributed by atoms with van der Waals surface area (Å²) in [5.41, 5.74) is -0.109. The molecule has 0 spiro atoms. The highest BCUT2D eigenvalue weighted by atomic mass is 19.1. The first kappa shape index (κ1) is 14.4. The van der Waals surface area contributed by atoms with Crippen molar-refractivity contribution in [2.45, 2.75) is 6.92 Å². The van der Waals surface area contributed by atoms with Crippen LogP contribution in [-0.4, -0.2) is 21.0 Å². The summed E-state index contributed by atoms with van der Waals surface area (Å²) in [7, 11) is 0. The lowest BCUT2D eigenvalue weighted by Gasteiger charge is -2.08. The van der Waals surface area contributed by atoms with Crippen molar-refractivity contribution in [3.63, 3.8) is 0 Å². The summed E-state index contributed by atoms with van der Waals surface area (Å²) in [6.45, 7) is 1.53. The van der Waals surface area contributed by atoms with Crippen molar-refractivity contribution in [3.8, 4) is 11.6 Å². The minimum Gasteiger partial charge on any atom is -0.478 e. The second kappa shape index (κ2) is 5.53. The minimum atomic E-state index is -1.16. The van der Waals surface area contributed by atoms with Gasteiger partial charge < -0.3 is 9.84 Å². The molecule has 1 N–H and O–H groups in total. The molecule has 8 heteroatoms. The lowest BCUT2D eigenvalue weighted by Crippen LogP contribution is -2.01. The summed E-state index contributed by atoms with van der Waals surface area (Å²) >= 11 is 0. The number of ether oxygens (including phenoxy) is 1. The van der Waals surface area contributed by atoms with Gasteiger partial charge in [0.05, 0.1) is 10.5 Å². The van der Waals surface area contributed by atoms with E-state index in [2.05, 4.69) is 4.98 Å². The number of aromatic carboxylic acids is 1. The zero-order valence-electron chi connectivity index (χ0n) is 10.7. The highest BCUT2D eigenvalue weighted by Crippen LogP contribution is 2.32. The second-order valence-electron chi connectivity index (χ2n) is 4.12. The molecule has 0 aliphatic carbocycles. The van der Waals surface area contributed by atoms with Gasteiger partial charge in [-0.05, 0) is 19.1 Å². The fourth-order valence-corrected chi connectivity index (χ4v) is 1.61. The van der Waals surface area contributed by atoms with E-state index < -0.39 is 22.4 Å². The van der Waals surface area contributed by atoms with E-state index in [-0.39, 0.29) is 17.2 Å². The fourth-order valence-electron chi connectivity index (χ4n) is 1.61. The van der Waals surface area contributed by atoms with Crippen LogP contribution in [0.4, 0.5) is 10.1 Å². The average Bonchev–Trinajstić information content (AvgIpc) is 2.40. The highest BCUT2D eigenvalue weighted by molar-refractivity contribution is 5.87. The molecule has 1 aromatic carbocycles. The molecule has 1 aromatic heterocycles. The van der Waals surface area contributed by atoms with Crippen LogP contribution < -0.4 is 4.74 Å². The predicted molar refractivity (Wildman–Crippen MR) is 69.1 cm³/mol. The van der Waals surface area contributed by atoms with E-state index in [0.29, 0.717) is 5.56 Å². The average molecular weight is 292 g/mol. The summed E-state index contributed by atoms with van der Waals surface area (Å²) < 4.78 is 18.4. The van der Waals surface area contributed by atoms with E-state index in [1.165, 1.54) is 13.0 Å². The lowest BCUT2D eigenvalue weighted by molar-refractivity contribution is -0.385. The first-order valence-electron chi connectivity index (χ1n) is 5.70. The van der Waals surface area contributed by atoms with Crippen molar-refractivity contribution in [1.82, 2.24) is 4.98 Å². The number of nitro groups is 1. The number of hydrogen-bond donors (Lipinski definition) is 1. The molecule has 2 aromatic rings. The Kier molecular flexibility index (Phi) is 3.79. The number of aryl methyl sites for hydroxylation is 1. The number of hydrogen-bond acceptors (Lipinski definition) is 5. The van der Waals surface area contributed by atoms with E-state index in [0.717, 1.165) is 24.4 Å². The number of aromatic nitrogens is 1. The van der Waals surface area contributed by atoms with Crippen molar-refractivity contribution < 1.29 is 24.0 Å². The normalized spacial score (nSPS) is 10.2. The molecule has 0 unspecified atom stereocenters. The van der Waals surface area contributed by atoms with Gasteiger partial charge >= 0.3 is 11.7 Å². The van der Waals surface area contributed by atoms with Crippen LogP contribution >= 0.6 is 0 Å². The summed E-state index contributed by atoms with van der Waals surface area (Å²) in [4.78, 5) is 24.7. The van der Waals surface area contributed by atoms with E-state index in [1.54, 1.807) is 0 Å². The predicted octanol–water partition coefficient (Wildman–Crippen LogP) is 2.93. The van der Waals surface area contributed by atoms with Gasteiger partial charge in [-0.15, -0.1) is 0 Å². The third kappa shape index (κ3) is 3.11. The van der Waals surface area contributed by atoms with Crippen LogP contribution in [0.2, 0.25) is 0 Å². The number of nitrogens with zero attached hydrogens (tertiary/aromatic N) is 2. The first-order valence-corrected chi connectivity index (χ1v) is 5.70. The molecule has 2 rings (SSSR count). The van der Waals surface area contributed by atoms with E-state index in [9.17, 15) is 19.3 Å². The van der Waals surface area contributed by atoms with Crippen LogP contribution in [0.1, 0.15) is 15.9 Å². The molecule has 7 nitrogen and oxygen atoms in total. The number of nitro benzene ring substituents is 1. The topological polar surface area (TPSA) is 103 Å². The molecule has 1 heterocycles. The van der Waals surface area contributed by atoms with Gasteiger partial charge in [0.15, 0.2) is 0 Å². The molecule has 108 valence electrons. The molecule has 0 saturated carbocycles. The molecule has 0 saturated heterocycles. The van der Waals surface area contributed by atoms with Crippen LogP contribution in [0.15, 0.2) is 30.5 Å². The van der Waals surface area contributed by atoms with Gasteiger partial charge in [0.2, 0.25) is 11.6 Å². The molecule has 0 fully saturated rings. The van der Waals surface area contributed by atoms with Crippen molar-refractivity contribution in [2.75, 3.05) is 0 Å². The number of pyridine rings is 1. The van der Waals surface area contributed by atoms with E-state index >= 15 is 0 Å². The van der Waals surface area contributed by atoms with Gasteiger partial charge in [-0.25, -0.2) is 14.2 Å². The Bertz CT molecular complexity index is 732. The number of halogens is 1. The standard InChI is InChI=1S/C13H9FN2O5/c1-7-4-8(13(17)18)6-15-12(7)21-11-5-9(14)2-3-10(11)16(19)20/h2-6H,1H3,(H,17,18). The van der Waals surface area contributed by atoms with Gasteiger partial charge in [0, 0.05) is 23.9 Å². The van der Waals surface area contributed by atoms with Gasteiger partial charge in [-0.3, -0.25) is 10.1 Å². The molecular weight excluding hydrogens is 283 g/mol. The Morgan fingerprint density at radius 1 is 1.43 bits per heavy atom. The number of carboxylic acid groups (broad SMARTS) is 1. The van der Waals surface area contributed by atoms with Crippen LogP contribution in [-0.2, 0) is 0 Å². The Morgan fingerprint density at radius 3 is 2.71 bits per heavy atom. The van der Waals surface area contributed by atoms with Crippen LogP contribution in [0.25, 0.3) is 0 Å². The lowest BCUT2D eigenvalue weighted by atomic mass is 10.2. The maximum absolute atomic E-state index is 13.2. The Balaban J connectivity index is 2.40. The molecule has 0 aliphatic heterocycles. The van der Waals surface area contributed by atoms with Crippen molar-refractivity contribution in [3.05, 3.63) is 57.5 Å². The molecule has 0 radical (unpaired) electrons. The summed E-state index contributed by atoms with van der Waals surface area (Å²) in [5, 5.41) is 19.7. The Morgan fingerprint density at radius 2 is 2.14 bits per heavy atom. The van der Waals surface area contributed by atoms with Crippen LogP contribution in [0, 0.1) is 22.9 Å². The summed E-state index contributed by atoms with van der Waals surface area (Å²) in [6.07, 6.45) is 1.05. The van der Waals surface area contributed by atoms with Gasteiger partial charge in [-0.1, -0.05) is 0 Å². The molecule has 0 atom stereocenters. The van der Waals surface area contributed by atoms with Gasteiger partial charge in [-0.2, -0.15) is 0 Å². The maximum Gasteiger partial charge on any atom is 0.337 e. The SMILES string of the molecule is Cc1cc(C(=O)O)cnc1Oc1cc(F)ccc1[N+](=O)[O-]. The molecule has 0 bridgehead atoms. The van der Waals surface area contributed by atoms with Crippen LogP contribution in [0.3, 0.4) is 0 Å². The quantitative estimate of drug-likeness (QED) is 0.686. The molecular formula is C13H9FN2O5. The van der Waals surface area contributed by atoms with E-state index in [1.807, 2.05) is 0 Å². The second-order valence-corrected chi connectivity index (χ2v) is 4.12. The summed E-state index contributed by atoms with van der Waals surface area (Å²) in [6, 6.07) is 4.09. The largest absolute Gasteiger partial charge is 0.478 e. The molecule has 21 heavy (non-hydrogen) atoms. The number of carbonyl (C=O) groups is 1. The first-order chi connectivity index (χ1) is 9.88. The zero-order valence-corrected chi connectivity index (χ0v) is 10.7. The third-order valence-electron chi connectivity index (χ3n) is 2.60. The maximum atomic E-state index is 13.2. The van der Waals surface area contributed by atoms with Gasteiger partial charge in [0.25, 0.3) is 0 Å². The highest BCUT2D eigenvalue weighted by Gasteiger charge is 2.18. The van der Waals surface area contributed by atoms with Crippen molar-refractivity contribution >= 4 is 11.7 Å². The monoisotopic (exact) mass is 292 g/mol. The smallest absolute Gasteiger partial charge is 0.337 e. The molecule has 0 aliphatic rings. The van der Waals surface area contributed by atoms with Crippen LogP contribution in [0.5, 0.6) is 11.6 Å².